The predicted molar refractivity (Wildman–Crippen MR) is 61.9 cm³/mol. The van der Waals surface area contributed by atoms with Crippen LogP contribution in [-0.2, 0) is 4.79 Å². The summed E-state index contributed by atoms with van der Waals surface area (Å²) < 4.78 is 37.0. The molecule has 0 radical (unpaired) electrons. The monoisotopic (exact) mass is 263 g/mol. The summed E-state index contributed by atoms with van der Waals surface area (Å²) in [5.74, 6) is 1.32. The number of carbonyl (C=O) groups is 1. The van der Waals surface area contributed by atoms with Crippen molar-refractivity contribution in [2.75, 3.05) is 13.1 Å². The Kier molecular flexibility index (Phi) is 3.87. The van der Waals surface area contributed by atoms with E-state index >= 15 is 0 Å². The van der Waals surface area contributed by atoms with Crippen LogP contribution in [-0.4, -0.2) is 30.1 Å². The fourth-order valence-corrected chi connectivity index (χ4v) is 3.57. The molecule has 2 aliphatic rings. The van der Waals surface area contributed by atoms with Crippen molar-refractivity contribution in [1.82, 2.24) is 4.90 Å². The van der Waals surface area contributed by atoms with Gasteiger partial charge in [-0.05, 0) is 43.9 Å². The van der Waals surface area contributed by atoms with E-state index in [1.807, 2.05) is 0 Å². The number of alkyl halides is 3. The van der Waals surface area contributed by atoms with Crippen molar-refractivity contribution in [3.63, 3.8) is 0 Å². The standard InChI is InChI=1S/C13H20F3NO/c1-2-17(8-13(14,15)16)12(18)7-11-6-9-3-4-10(11)5-9/h9-11H,2-8H2,1H3. The summed E-state index contributed by atoms with van der Waals surface area (Å²) >= 11 is 0. The second kappa shape index (κ2) is 5.10. The van der Waals surface area contributed by atoms with Gasteiger partial charge in [0.15, 0.2) is 0 Å². The maximum Gasteiger partial charge on any atom is 0.406 e. The van der Waals surface area contributed by atoms with Crippen LogP contribution in [0.2, 0.25) is 0 Å². The van der Waals surface area contributed by atoms with Crippen molar-refractivity contribution < 1.29 is 18.0 Å². The van der Waals surface area contributed by atoms with Crippen molar-refractivity contribution in [3.05, 3.63) is 0 Å². The highest BCUT2D eigenvalue weighted by Crippen LogP contribution is 2.49. The Bertz CT molecular complexity index is 316. The zero-order valence-electron chi connectivity index (χ0n) is 10.7. The normalized spacial score (nSPS) is 30.8. The molecule has 0 aromatic heterocycles. The maximum atomic E-state index is 12.3. The van der Waals surface area contributed by atoms with E-state index in [1.54, 1.807) is 6.92 Å². The molecule has 104 valence electrons. The van der Waals surface area contributed by atoms with E-state index in [2.05, 4.69) is 0 Å². The smallest absolute Gasteiger partial charge is 0.334 e. The Balaban J connectivity index is 1.86. The van der Waals surface area contributed by atoms with E-state index in [0.717, 1.165) is 23.7 Å². The minimum atomic E-state index is -4.29. The summed E-state index contributed by atoms with van der Waals surface area (Å²) in [4.78, 5) is 12.8. The van der Waals surface area contributed by atoms with Crippen molar-refractivity contribution in [1.29, 1.82) is 0 Å². The molecule has 0 aromatic rings. The van der Waals surface area contributed by atoms with Crippen LogP contribution in [0.3, 0.4) is 0 Å². The van der Waals surface area contributed by atoms with Gasteiger partial charge in [0.05, 0.1) is 0 Å². The highest BCUT2D eigenvalue weighted by molar-refractivity contribution is 5.76. The van der Waals surface area contributed by atoms with Gasteiger partial charge in [0.25, 0.3) is 0 Å². The van der Waals surface area contributed by atoms with E-state index in [9.17, 15) is 18.0 Å². The van der Waals surface area contributed by atoms with Crippen molar-refractivity contribution in [3.8, 4) is 0 Å². The molecule has 0 aromatic carbocycles. The topological polar surface area (TPSA) is 20.3 Å². The van der Waals surface area contributed by atoms with Crippen LogP contribution in [0.1, 0.15) is 39.0 Å². The molecule has 18 heavy (non-hydrogen) atoms. The zero-order chi connectivity index (χ0) is 13.3. The Hall–Kier alpha value is -0.740. The third-order valence-corrected chi connectivity index (χ3v) is 4.43. The molecule has 5 heteroatoms. The molecule has 0 aliphatic heterocycles. The van der Waals surface area contributed by atoms with Gasteiger partial charge < -0.3 is 4.90 Å². The molecule has 0 heterocycles. The first-order valence-electron chi connectivity index (χ1n) is 6.73. The predicted octanol–water partition coefficient (Wildman–Crippen LogP) is 3.22. The summed E-state index contributed by atoms with van der Waals surface area (Å²) in [7, 11) is 0. The fourth-order valence-electron chi connectivity index (χ4n) is 3.57. The lowest BCUT2D eigenvalue weighted by molar-refractivity contribution is -0.161. The van der Waals surface area contributed by atoms with E-state index < -0.39 is 12.7 Å². The summed E-state index contributed by atoms with van der Waals surface area (Å²) in [5.41, 5.74) is 0. The first-order chi connectivity index (χ1) is 8.39. The highest BCUT2D eigenvalue weighted by Gasteiger charge is 2.41. The summed E-state index contributed by atoms with van der Waals surface area (Å²) in [5, 5.41) is 0. The quantitative estimate of drug-likeness (QED) is 0.762. The Morgan fingerprint density at radius 3 is 2.44 bits per heavy atom. The molecule has 0 N–H and O–H groups in total. The molecule has 0 spiro atoms. The molecule has 0 saturated heterocycles. The first kappa shape index (κ1) is 13.7. The van der Waals surface area contributed by atoms with Crippen molar-refractivity contribution in [2.45, 2.75) is 45.2 Å². The number of nitrogens with zero attached hydrogens (tertiary/aromatic N) is 1. The average molecular weight is 263 g/mol. The molecular formula is C13H20F3NO. The lowest BCUT2D eigenvalue weighted by Crippen LogP contribution is -2.39. The van der Waals surface area contributed by atoms with Crippen LogP contribution < -0.4 is 0 Å². The second-order valence-corrected chi connectivity index (χ2v) is 5.66. The lowest BCUT2D eigenvalue weighted by Gasteiger charge is -2.26. The van der Waals surface area contributed by atoms with E-state index in [4.69, 9.17) is 0 Å². The summed E-state index contributed by atoms with van der Waals surface area (Å²) in [6, 6.07) is 0. The number of hydrogen-bond acceptors (Lipinski definition) is 1. The molecule has 2 nitrogen and oxygen atoms in total. The summed E-state index contributed by atoms with van der Waals surface area (Å²) in [6.07, 6.45) is 0.651. The van der Waals surface area contributed by atoms with Crippen LogP contribution in [0.5, 0.6) is 0 Å². The van der Waals surface area contributed by atoms with E-state index in [0.29, 0.717) is 18.3 Å². The molecule has 3 unspecified atom stereocenters. The Morgan fingerprint density at radius 1 is 1.28 bits per heavy atom. The molecule has 2 rings (SSSR count). The largest absolute Gasteiger partial charge is 0.406 e. The van der Waals surface area contributed by atoms with Crippen LogP contribution in [0.15, 0.2) is 0 Å². The molecule has 1 amide bonds. The third kappa shape index (κ3) is 3.18. The van der Waals surface area contributed by atoms with Crippen molar-refractivity contribution in [2.24, 2.45) is 17.8 Å². The minimum Gasteiger partial charge on any atom is -0.334 e. The van der Waals surface area contributed by atoms with Gasteiger partial charge in [0, 0.05) is 13.0 Å². The van der Waals surface area contributed by atoms with Gasteiger partial charge in [-0.25, -0.2) is 0 Å². The van der Waals surface area contributed by atoms with Crippen LogP contribution in [0, 0.1) is 17.8 Å². The Labute approximate surface area is 106 Å². The number of carbonyl (C=O) groups excluding carboxylic acids is 1. The molecule has 2 saturated carbocycles. The van der Waals surface area contributed by atoms with Crippen molar-refractivity contribution >= 4 is 5.91 Å². The molecule has 2 bridgehead atoms. The van der Waals surface area contributed by atoms with Gasteiger partial charge >= 0.3 is 6.18 Å². The fraction of sp³-hybridized carbons (Fsp3) is 0.923. The third-order valence-electron chi connectivity index (χ3n) is 4.43. The number of fused-ring (bicyclic) bond motifs is 2. The van der Waals surface area contributed by atoms with Gasteiger partial charge in [-0.2, -0.15) is 13.2 Å². The Morgan fingerprint density at radius 2 is 2.00 bits per heavy atom. The minimum absolute atomic E-state index is 0.138. The van der Waals surface area contributed by atoms with Gasteiger partial charge in [0.1, 0.15) is 6.54 Å². The van der Waals surface area contributed by atoms with Crippen LogP contribution in [0.4, 0.5) is 13.2 Å². The van der Waals surface area contributed by atoms with Crippen LogP contribution >= 0.6 is 0 Å². The molecular weight excluding hydrogens is 243 g/mol. The molecule has 3 atom stereocenters. The molecule has 2 aliphatic carbocycles. The zero-order valence-corrected chi connectivity index (χ0v) is 10.7. The van der Waals surface area contributed by atoms with Gasteiger partial charge in [-0.15, -0.1) is 0 Å². The SMILES string of the molecule is CCN(CC(F)(F)F)C(=O)CC1CC2CCC1C2. The highest BCUT2D eigenvalue weighted by atomic mass is 19.4. The molecule has 2 fully saturated rings. The number of rotatable bonds is 4. The number of hydrogen-bond donors (Lipinski definition) is 0. The van der Waals surface area contributed by atoms with Gasteiger partial charge in [-0.1, -0.05) is 6.42 Å². The first-order valence-corrected chi connectivity index (χ1v) is 6.73. The van der Waals surface area contributed by atoms with Crippen LogP contribution in [0.25, 0.3) is 0 Å². The number of amides is 1. The second-order valence-electron chi connectivity index (χ2n) is 5.66. The van der Waals surface area contributed by atoms with Gasteiger partial charge in [-0.3, -0.25) is 4.79 Å². The van der Waals surface area contributed by atoms with E-state index in [-0.39, 0.29) is 12.5 Å². The average Bonchev–Trinajstić information content (AvgIpc) is 2.86. The lowest BCUT2D eigenvalue weighted by atomic mass is 9.86. The maximum absolute atomic E-state index is 12.3. The summed E-state index contributed by atoms with van der Waals surface area (Å²) in [6.45, 7) is 0.632. The number of halogens is 3. The van der Waals surface area contributed by atoms with E-state index in [1.165, 1.54) is 12.8 Å². The van der Waals surface area contributed by atoms with Gasteiger partial charge in [0.2, 0.25) is 5.91 Å².